The first-order chi connectivity index (χ1) is 16.9. The molecule has 5 rings (SSSR count). The summed E-state index contributed by atoms with van der Waals surface area (Å²) in [5.41, 5.74) is 1.71. The topological polar surface area (TPSA) is 106 Å². The molecule has 0 saturated carbocycles. The van der Waals surface area contributed by atoms with Gasteiger partial charge in [-0.2, -0.15) is 0 Å². The lowest BCUT2D eigenvalue weighted by Gasteiger charge is -2.53. The van der Waals surface area contributed by atoms with Gasteiger partial charge in [0.25, 0.3) is 0 Å². The number of β-lactam (4-membered cyclic amide) rings is 1. The Hall–Kier alpha value is -3.69. The predicted molar refractivity (Wildman–Crippen MR) is 124 cm³/mol. The van der Waals surface area contributed by atoms with Crippen LogP contribution in [0.3, 0.4) is 0 Å². The molecular weight excluding hydrogens is 452 g/mol. The zero-order valence-electron chi connectivity index (χ0n) is 19.2. The van der Waals surface area contributed by atoms with Gasteiger partial charge in [0.15, 0.2) is 11.8 Å². The fourth-order valence-electron chi connectivity index (χ4n) is 5.03. The third-order valence-electron chi connectivity index (χ3n) is 6.70. The minimum atomic E-state index is -1.50. The molecule has 2 aromatic rings. The number of hydrogen-bond acceptors (Lipinski definition) is 6. The lowest BCUT2D eigenvalue weighted by atomic mass is 9.86. The minimum absolute atomic E-state index is 0.105. The number of hydrogen-bond donors (Lipinski definition) is 1. The summed E-state index contributed by atoms with van der Waals surface area (Å²) in [5.74, 6) is -3.25. The zero-order valence-corrected chi connectivity index (χ0v) is 19.2. The molecule has 3 aliphatic rings. The van der Waals surface area contributed by atoms with Crippen molar-refractivity contribution in [2.24, 2.45) is 0 Å². The van der Waals surface area contributed by atoms with Gasteiger partial charge in [-0.15, -0.1) is 0 Å². The van der Waals surface area contributed by atoms with Crippen LogP contribution in [0.4, 0.5) is 4.79 Å². The molecule has 0 aliphatic carbocycles. The molecule has 9 nitrogen and oxygen atoms in total. The first-order valence-corrected chi connectivity index (χ1v) is 11.5. The Morgan fingerprint density at radius 3 is 2.31 bits per heavy atom. The fourth-order valence-corrected chi connectivity index (χ4v) is 5.03. The molecule has 2 aromatic carbocycles. The van der Waals surface area contributed by atoms with Crippen LogP contribution in [-0.2, 0) is 23.8 Å². The van der Waals surface area contributed by atoms with Crippen LogP contribution in [0.5, 0.6) is 0 Å². The third kappa shape index (κ3) is 4.06. The van der Waals surface area contributed by atoms with Crippen LogP contribution in [0.15, 0.2) is 66.7 Å². The molecule has 4 atom stereocenters. The first kappa shape index (κ1) is 23.1. The molecule has 0 bridgehead atoms. The number of likely N-dealkylation sites (tertiary alicyclic amines) is 1. The molecule has 9 heteroatoms. The number of cyclic esters (lactones) is 1. The number of carbonyl (C=O) groups is 3. The van der Waals surface area contributed by atoms with Gasteiger partial charge in [-0.3, -0.25) is 9.69 Å². The molecule has 1 unspecified atom stereocenters. The highest BCUT2D eigenvalue weighted by atomic mass is 16.7. The number of ether oxygens (including phenoxy) is 3. The van der Waals surface area contributed by atoms with Gasteiger partial charge >= 0.3 is 12.1 Å². The Balaban J connectivity index is 1.53. The second-order valence-corrected chi connectivity index (χ2v) is 8.82. The number of amides is 2. The van der Waals surface area contributed by atoms with Crippen LogP contribution in [-0.4, -0.2) is 76.6 Å². The first-order valence-electron chi connectivity index (χ1n) is 11.5. The van der Waals surface area contributed by atoms with Gasteiger partial charge in [-0.1, -0.05) is 72.8 Å². The highest BCUT2D eigenvalue weighted by Gasteiger charge is 2.62. The van der Waals surface area contributed by atoms with Gasteiger partial charge in [0.1, 0.15) is 12.6 Å². The van der Waals surface area contributed by atoms with E-state index < -0.39 is 47.9 Å². The summed E-state index contributed by atoms with van der Waals surface area (Å²) in [6.45, 7) is 2.08. The molecule has 3 heterocycles. The number of rotatable bonds is 7. The van der Waals surface area contributed by atoms with Crippen molar-refractivity contribution < 1.29 is 33.7 Å². The van der Waals surface area contributed by atoms with Gasteiger partial charge in [-0.25, -0.2) is 9.59 Å². The second kappa shape index (κ2) is 9.16. The molecule has 0 spiro atoms. The van der Waals surface area contributed by atoms with Crippen molar-refractivity contribution in [2.45, 2.75) is 36.9 Å². The van der Waals surface area contributed by atoms with E-state index >= 15 is 0 Å². The molecule has 2 amide bonds. The Morgan fingerprint density at radius 1 is 1.06 bits per heavy atom. The van der Waals surface area contributed by atoms with Gasteiger partial charge < -0.3 is 24.2 Å². The van der Waals surface area contributed by atoms with Crippen molar-refractivity contribution in [1.82, 2.24) is 9.80 Å². The molecule has 0 aromatic heterocycles. The van der Waals surface area contributed by atoms with E-state index in [9.17, 15) is 19.5 Å². The summed E-state index contributed by atoms with van der Waals surface area (Å²) < 4.78 is 16.6. The van der Waals surface area contributed by atoms with Crippen LogP contribution < -0.4 is 0 Å². The number of carboxylic acid groups (broad SMARTS) is 1. The van der Waals surface area contributed by atoms with Gasteiger partial charge in [0.2, 0.25) is 5.91 Å². The smallest absolute Gasteiger partial charge is 0.411 e. The van der Waals surface area contributed by atoms with E-state index in [0.29, 0.717) is 0 Å². The quantitative estimate of drug-likeness (QED) is 0.610. The van der Waals surface area contributed by atoms with Gasteiger partial charge in [0.05, 0.1) is 25.3 Å². The summed E-state index contributed by atoms with van der Waals surface area (Å²) in [6.07, 6.45) is 2.96. The zero-order chi connectivity index (χ0) is 24.6. The third-order valence-corrected chi connectivity index (χ3v) is 6.70. The van der Waals surface area contributed by atoms with Crippen molar-refractivity contribution in [3.05, 3.63) is 77.9 Å². The minimum Gasteiger partial charge on any atom is -0.480 e. The SMILES string of the molecule is CC1(C(C(=O)O)N2C(=O)[C@@H](N3C(=O)OC[C@@H]3c3ccccc3)[C@H]2/C=C/c2ccccc2)OCCO1. The number of carboxylic acids is 1. The van der Waals surface area contributed by atoms with Gasteiger partial charge in [-0.05, 0) is 18.1 Å². The predicted octanol–water partition coefficient (Wildman–Crippen LogP) is 2.69. The molecule has 1 N–H and O–H groups in total. The highest BCUT2D eigenvalue weighted by molar-refractivity contribution is 5.97. The molecule has 3 aliphatic heterocycles. The van der Waals surface area contributed by atoms with E-state index in [-0.39, 0.29) is 19.8 Å². The summed E-state index contributed by atoms with van der Waals surface area (Å²) in [6, 6.07) is 15.2. The molecule has 3 saturated heterocycles. The normalized spacial score (nSPS) is 26.6. The molecule has 3 fully saturated rings. The van der Waals surface area contributed by atoms with E-state index in [1.807, 2.05) is 66.7 Å². The fraction of sp³-hybridized carbons (Fsp3) is 0.346. The highest BCUT2D eigenvalue weighted by Crippen LogP contribution is 2.41. The number of carbonyl (C=O) groups excluding carboxylic acids is 2. The Labute approximate surface area is 202 Å². The maximum Gasteiger partial charge on any atom is 0.411 e. The lowest BCUT2D eigenvalue weighted by molar-refractivity contribution is -0.219. The van der Waals surface area contributed by atoms with Crippen molar-refractivity contribution >= 4 is 24.0 Å². The lowest BCUT2D eigenvalue weighted by Crippen LogP contribution is -2.76. The van der Waals surface area contributed by atoms with Crippen molar-refractivity contribution in [2.75, 3.05) is 19.8 Å². The largest absolute Gasteiger partial charge is 0.480 e. The van der Waals surface area contributed by atoms with E-state index in [1.165, 1.54) is 16.7 Å². The number of benzene rings is 2. The molecule has 182 valence electrons. The maximum absolute atomic E-state index is 13.6. The summed E-state index contributed by atoms with van der Waals surface area (Å²) in [7, 11) is 0. The van der Waals surface area contributed by atoms with Crippen LogP contribution in [0, 0.1) is 0 Å². The van der Waals surface area contributed by atoms with E-state index in [1.54, 1.807) is 6.08 Å². The van der Waals surface area contributed by atoms with E-state index in [0.717, 1.165) is 11.1 Å². The average Bonchev–Trinajstić information content (AvgIpc) is 3.47. The Kier molecular flexibility index (Phi) is 6.04. The van der Waals surface area contributed by atoms with Crippen LogP contribution in [0.1, 0.15) is 24.1 Å². The number of aliphatic carboxylic acids is 1. The van der Waals surface area contributed by atoms with Crippen LogP contribution in [0.25, 0.3) is 6.08 Å². The summed E-state index contributed by atoms with van der Waals surface area (Å²) in [5, 5.41) is 10.1. The molecular formula is C26H26N2O7. The van der Waals surface area contributed by atoms with E-state index in [4.69, 9.17) is 14.2 Å². The van der Waals surface area contributed by atoms with Crippen molar-refractivity contribution in [3.8, 4) is 0 Å². The monoisotopic (exact) mass is 478 g/mol. The van der Waals surface area contributed by atoms with Crippen LogP contribution in [0.2, 0.25) is 0 Å². The standard InChI is InChI=1S/C26H26N2O7/c1-26(34-14-15-35-26)22(24(30)31)28-19(13-12-17-8-4-2-5-9-17)21(23(28)29)27-20(16-33-25(27)32)18-10-6-3-7-11-18/h2-13,19-22H,14-16H2,1H3,(H,30,31)/b13-12+/t19-,20-,21+,22?/m1/s1. The van der Waals surface area contributed by atoms with Crippen molar-refractivity contribution in [3.63, 3.8) is 0 Å². The Morgan fingerprint density at radius 2 is 1.69 bits per heavy atom. The molecule has 35 heavy (non-hydrogen) atoms. The second-order valence-electron chi connectivity index (χ2n) is 8.82. The average molecular weight is 479 g/mol. The summed E-state index contributed by atoms with van der Waals surface area (Å²) >= 11 is 0. The Bertz CT molecular complexity index is 1130. The number of nitrogens with zero attached hydrogens (tertiary/aromatic N) is 2. The van der Waals surface area contributed by atoms with Gasteiger partial charge in [0, 0.05) is 0 Å². The van der Waals surface area contributed by atoms with Crippen LogP contribution >= 0.6 is 0 Å². The van der Waals surface area contributed by atoms with Crippen molar-refractivity contribution in [1.29, 1.82) is 0 Å². The maximum atomic E-state index is 13.6. The van der Waals surface area contributed by atoms with E-state index in [2.05, 4.69) is 0 Å². The summed E-state index contributed by atoms with van der Waals surface area (Å²) in [4.78, 5) is 41.5. The molecule has 0 radical (unpaired) electrons.